The molecule has 3 aromatic heterocycles. The first-order valence-electron chi connectivity index (χ1n) is 10.2. The van der Waals surface area contributed by atoms with Crippen LogP contribution in [0.1, 0.15) is 5.56 Å². The van der Waals surface area contributed by atoms with Crippen molar-refractivity contribution in [2.45, 2.75) is 12.7 Å². The number of nitrogens with one attached hydrogen (secondary N) is 1. The number of rotatable bonds is 5. The average molecular weight is 469 g/mol. The molecule has 1 aliphatic rings. The molecular formula is C22H18F3N7O2. The molecule has 0 atom stereocenters. The number of aromatic nitrogens is 4. The van der Waals surface area contributed by atoms with E-state index in [1.165, 1.54) is 16.0 Å². The van der Waals surface area contributed by atoms with Crippen LogP contribution >= 0.6 is 0 Å². The second-order valence-electron chi connectivity index (χ2n) is 7.49. The maximum Gasteiger partial charge on any atom is 0.405 e. The van der Waals surface area contributed by atoms with Crippen LogP contribution in [0.5, 0.6) is 5.75 Å². The van der Waals surface area contributed by atoms with Gasteiger partial charge in [-0.15, -0.1) is 0 Å². The van der Waals surface area contributed by atoms with Crippen LogP contribution in [0, 0.1) is 0 Å². The molecule has 0 radical (unpaired) electrons. The molecule has 0 saturated heterocycles. The molecule has 5 rings (SSSR count). The van der Waals surface area contributed by atoms with Crippen molar-refractivity contribution >= 4 is 34.8 Å². The zero-order chi connectivity index (χ0) is 23.9. The highest BCUT2D eigenvalue weighted by Gasteiger charge is 2.35. The van der Waals surface area contributed by atoms with Gasteiger partial charge in [0.15, 0.2) is 5.82 Å². The number of alkyl halides is 3. The van der Waals surface area contributed by atoms with E-state index in [1.54, 1.807) is 66.5 Å². The minimum absolute atomic E-state index is 0.143. The van der Waals surface area contributed by atoms with Crippen LogP contribution in [0.3, 0.4) is 0 Å². The summed E-state index contributed by atoms with van der Waals surface area (Å²) in [6.45, 7) is -1.15. The van der Waals surface area contributed by atoms with Gasteiger partial charge in [-0.2, -0.15) is 18.2 Å². The molecule has 0 bridgehead atoms. The zero-order valence-corrected chi connectivity index (χ0v) is 17.8. The molecule has 1 N–H and O–H groups in total. The number of anilines is 4. The van der Waals surface area contributed by atoms with Crippen LogP contribution in [0.4, 0.5) is 41.1 Å². The number of pyridine rings is 1. The second-order valence-corrected chi connectivity index (χ2v) is 7.49. The van der Waals surface area contributed by atoms with Gasteiger partial charge < -0.3 is 14.5 Å². The van der Waals surface area contributed by atoms with Crippen LogP contribution in [0.2, 0.25) is 0 Å². The number of benzene rings is 1. The van der Waals surface area contributed by atoms with Gasteiger partial charge in [0.1, 0.15) is 17.9 Å². The van der Waals surface area contributed by atoms with Crippen molar-refractivity contribution in [3.8, 4) is 5.75 Å². The number of methoxy groups -OCH3 is 1. The number of carbonyl (C=O) groups excluding carboxylic acids is 1. The fourth-order valence-electron chi connectivity index (χ4n) is 3.65. The summed E-state index contributed by atoms with van der Waals surface area (Å²) in [6.07, 6.45) is 2.04. The maximum atomic E-state index is 13.7. The van der Waals surface area contributed by atoms with E-state index >= 15 is 0 Å². The third-order valence-corrected chi connectivity index (χ3v) is 5.27. The quantitative estimate of drug-likeness (QED) is 0.467. The fourth-order valence-corrected chi connectivity index (χ4v) is 3.65. The van der Waals surface area contributed by atoms with Crippen LogP contribution in [-0.2, 0) is 6.54 Å². The molecule has 0 aliphatic carbocycles. The van der Waals surface area contributed by atoms with E-state index in [2.05, 4.69) is 20.3 Å². The number of carbonyl (C=O) groups is 1. The van der Waals surface area contributed by atoms with Gasteiger partial charge in [-0.25, -0.2) is 19.7 Å². The Morgan fingerprint density at radius 2 is 1.85 bits per heavy atom. The van der Waals surface area contributed by atoms with Gasteiger partial charge in [0.2, 0.25) is 5.95 Å². The first kappa shape index (κ1) is 21.5. The van der Waals surface area contributed by atoms with Crippen molar-refractivity contribution in [1.29, 1.82) is 0 Å². The highest BCUT2D eigenvalue weighted by molar-refractivity contribution is 6.10. The van der Waals surface area contributed by atoms with Gasteiger partial charge >= 0.3 is 12.2 Å². The van der Waals surface area contributed by atoms with E-state index in [0.29, 0.717) is 28.3 Å². The Bertz CT molecular complexity index is 1350. The van der Waals surface area contributed by atoms with Crippen molar-refractivity contribution in [1.82, 2.24) is 19.4 Å². The molecule has 4 heterocycles. The largest absolute Gasteiger partial charge is 0.497 e. The van der Waals surface area contributed by atoms with Gasteiger partial charge in [-0.05, 0) is 36.4 Å². The lowest BCUT2D eigenvalue weighted by molar-refractivity contribution is -0.115. The molecule has 12 heteroatoms. The summed E-state index contributed by atoms with van der Waals surface area (Å²) in [6, 6.07) is 9.99. The molecule has 9 nitrogen and oxygen atoms in total. The molecule has 34 heavy (non-hydrogen) atoms. The van der Waals surface area contributed by atoms with E-state index in [9.17, 15) is 18.0 Å². The number of ether oxygens (including phenoxy) is 1. The van der Waals surface area contributed by atoms with Crippen LogP contribution in [0.25, 0.3) is 5.65 Å². The van der Waals surface area contributed by atoms with E-state index in [0.717, 1.165) is 0 Å². The SMILES string of the molecule is COc1ccc(N2Cc3cnc(NCC(F)(F)F)nc3N(c3ccc4nccn4c3)C2=O)cc1. The van der Waals surface area contributed by atoms with Gasteiger partial charge in [-0.3, -0.25) is 4.90 Å². The number of urea groups is 1. The van der Waals surface area contributed by atoms with E-state index in [1.807, 2.05) is 0 Å². The van der Waals surface area contributed by atoms with Crippen molar-refractivity contribution in [3.05, 3.63) is 66.7 Å². The first-order chi connectivity index (χ1) is 16.3. The average Bonchev–Trinajstić information content (AvgIpc) is 3.30. The number of hydrogen-bond acceptors (Lipinski definition) is 6. The molecule has 0 unspecified atom stereocenters. The Labute approximate surface area is 191 Å². The number of nitrogens with zero attached hydrogens (tertiary/aromatic N) is 6. The summed E-state index contributed by atoms with van der Waals surface area (Å²) < 4.78 is 45.0. The van der Waals surface area contributed by atoms with Gasteiger partial charge in [0.25, 0.3) is 0 Å². The summed E-state index contributed by atoms with van der Waals surface area (Å²) in [4.78, 5) is 29.1. The molecule has 1 aromatic carbocycles. The molecular weight excluding hydrogens is 451 g/mol. The normalized spacial score (nSPS) is 13.8. The topological polar surface area (TPSA) is 87.9 Å². The lowest BCUT2D eigenvalue weighted by atomic mass is 10.1. The Morgan fingerprint density at radius 1 is 1.09 bits per heavy atom. The Morgan fingerprint density at radius 3 is 2.59 bits per heavy atom. The number of imidazole rings is 1. The summed E-state index contributed by atoms with van der Waals surface area (Å²) in [5, 5.41) is 2.17. The Balaban J connectivity index is 1.58. The lowest BCUT2D eigenvalue weighted by Gasteiger charge is -2.36. The molecule has 174 valence electrons. The van der Waals surface area contributed by atoms with E-state index in [4.69, 9.17) is 4.74 Å². The second kappa shape index (κ2) is 8.21. The number of fused-ring (bicyclic) bond motifs is 2. The summed E-state index contributed by atoms with van der Waals surface area (Å²) in [5.74, 6) is 0.615. The summed E-state index contributed by atoms with van der Waals surface area (Å²) in [7, 11) is 1.55. The molecule has 4 aromatic rings. The molecule has 1 aliphatic heterocycles. The van der Waals surface area contributed by atoms with Crippen molar-refractivity contribution in [3.63, 3.8) is 0 Å². The number of amides is 2. The van der Waals surface area contributed by atoms with E-state index < -0.39 is 18.8 Å². The number of hydrogen-bond donors (Lipinski definition) is 1. The molecule has 0 spiro atoms. The first-order valence-corrected chi connectivity index (χ1v) is 10.2. The fraction of sp³-hybridized carbons (Fsp3) is 0.182. The highest BCUT2D eigenvalue weighted by Crippen LogP contribution is 2.36. The predicted molar refractivity (Wildman–Crippen MR) is 118 cm³/mol. The molecule has 0 fully saturated rings. The van der Waals surface area contributed by atoms with Crippen LogP contribution in [0.15, 0.2) is 61.2 Å². The van der Waals surface area contributed by atoms with Crippen LogP contribution in [-0.4, -0.2) is 45.2 Å². The predicted octanol–water partition coefficient (Wildman–Crippen LogP) is 4.39. The number of halogens is 3. The van der Waals surface area contributed by atoms with E-state index in [-0.39, 0.29) is 18.3 Å². The highest BCUT2D eigenvalue weighted by atomic mass is 19.4. The van der Waals surface area contributed by atoms with Gasteiger partial charge in [-0.1, -0.05) is 0 Å². The Hall–Kier alpha value is -4.35. The minimum atomic E-state index is -4.44. The zero-order valence-electron chi connectivity index (χ0n) is 17.8. The third kappa shape index (κ3) is 4.05. The molecule has 0 saturated carbocycles. The van der Waals surface area contributed by atoms with Crippen molar-refractivity contribution in [2.75, 3.05) is 28.8 Å². The van der Waals surface area contributed by atoms with Crippen molar-refractivity contribution in [2.24, 2.45) is 0 Å². The minimum Gasteiger partial charge on any atom is -0.497 e. The Kier molecular flexibility index (Phi) is 5.19. The van der Waals surface area contributed by atoms with Crippen LogP contribution < -0.4 is 19.9 Å². The van der Waals surface area contributed by atoms with Gasteiger partial charge in [0, 0.05) is 36.0 Å². The molecule has 2 amide bonds. The van der Waals surface area contributed by atoms with Gasteiger partial charge in [0.05, 0.1) is 19.3 Å². The standard InChI is InChI=1S/C22H18F3N7O2/c1-34-17-5-2-15(3-6-17)31-11-14-10-27-20(28-13-22(23,24)25)29-19(14)32(21(31)33)16-4-7-18-26-8-9-30(18)12-16/h2-10,12H,11,13H2,1H3,(H,27,28,29). The maximum absolute atomic E-state index is 13.7. The summed E-state index contributed by atoms with van der Waals surface area (Å²) in [5.41, 5.74) is 2.33. The van der Waals surface area contributed by atoms with Crippen molar-refractivity contribution < 1.29 is 22.7 Å². The third-order valence-electron chi connectivity index (χ3n) is 5.27. The summed E-state index contributed by atoms with van der Waals surface area (Å²) >= 11 is 0. The lowest BCUT2D eigenvalue weighted by Crippen LogP contribution is -2.45. The smallest absolute Gasteiger partial charge is 0.405 e. The monoisotopic (exact) mass is 469 g/mol.